The lowest BCUT2D eigenvalue weighted by Gasteiger charge is -2.09. The van der Waals surface area contributed by atoms with Gasteiger partial charge in [-0.1, -0.05) is 18.2 Å². The summed E-state index contributed by atoms with van der Waals surface area (Å²) in [5.74, 6) is 0.510. The van der Waals surface area contributed by atoms with E-state index in [1.165, 1.54) is 32.6 Å². The Kier molecular flexibility index (Phi) is 5.48. The number of para-hydroxylation sites is 1. The van der Waals surface area contributed by atoms with E-state index in [0.29, 0.717) is 17.2 Å². The fourth-order valence-corrected chi connectivity index (χ4v) is 3.34. The molecule has 0 spiro atoms. The number of carbonyl (C=O) groups is 1. The van der Waals surface area contributed by atoms with E-state index in [9.17, 15) is 14.9 Å². The number of fused-ring (bicyclic) bond motifs is 1. The van der Waals surface area contributed by atoms with Crippen molar-refractivity contribution < 1.29 is 19.2 Å². The van der Waals surface area contributed by atoms with Gasteiger partial charge in [0.05, 0.1) is 48.1 Å². The lowest BCUT2D eigenvalue weighted by atomic mass is 10.1. The van der Waals surface area contributed by atoms with Crippen LogP contribution in [-0.2, 0) is 0 Å². The second-order valence-electron chi connectivity index (χ2n) is 7.11. The highest BCUT2D eigenvalue weighted by atomic mass is 16.6. The molecule has 1 fully saturated rings. The molecule has 0 unspecified atom stereocenters. The lowest BCUT2D eigenvalue weighted by molar-refractivity contribution is -0.385. The summed E-state index contributed by atoms with van der Waals surface area (Å²) >= 11 is 0. The lowest BCUT2D eigenvalue weighted by Crippen LogP contribution is -2.18. The molecule has 31 heavy (non-hydrogen) atoms. The number of nitrogens with one attached hydrogen (secondary N) is 1. The number of hydrogen-bond acceptors (Lipinski definition) is 7. The molecule has 158 valence electrons. The molecule has 0 saturated heterocycles. The van der Waals surface area contributed by atoms with Crippen molar-refractivity contribution in [1.29, 1.82) is 0 Å². The molecule has 1 aliphatic rings. The molecule has 0 bridgehead atoms. The smallest absolute Gasteiger partial charge is 0.282 e. The van der Waals surface area contributed by atoms with Gasteiger partial charge in [-0.3, -0.25) is 19.9 Å². The SMILES string of the molecule is COc1cc(/C=N/NC(=O)c2cc(C3CC3)nc3ccccc23)c([N+](=O)[O-])cc1OC. The topological polar surface area (TPSA) is 116 Å². The highest BCUT2D eigenvalue weighted by Gasteiger charge is 2.27. The van der Waals surface area contributed by atoms with Crippen molar-refractivity contribution in [1.82, 2.24) is 10.4 Å². The van der Waals surface area contributed by atoms with E-state index >= 15 is 0 Å². The minimum absolute atomic E-state index is 0.168. The number of amides is 1. The van der Waals surface area contributed by atoms with Gasteiger partial charge in [-0.2, -0.15) is 5.10 Å². The number of aromatic nitrogens is 1. The molecule has 1 N–H and O–H groups in total. The number of hydrazone groups is 1. The van der Waals surface area contributed by atoms with Crippen molar-refractivity contribution in [2.24, 2.45) is 5.10 Å². The van der Waals surface area contributed by atoms with Crippen LogP contribution in [0.1, 0.15) is 40.4 Å². The molecule has 1 aliphatic carbocycles. The molecule has 0 radical (unpaired) electrons. The second kappa shape index (κ2) is 8.39. The van der Waals surface area contributed by atoms with Gasteiger partial charge in [-0.05, 0) is 31.0 Å². The molecule has 0 atom stereocenters. The Hall–Kier alpha value is -4.01. The first-order valence-electron chi connectivity index (χ1n) is 9.65. The minimum Gasteiger partial charge on any atom is -0.493 e. The molecule has 2 aromatic carbocycles. The summed E-state index contributed by atoms with van der Waals surface area (Å²) in [6.45, 7) is 0. The third-order valence-corrected chi connectivity index (χ3v) is 5.08. The first-order valence-corrected chi connectivity index (χ1v) is 9.65. The van der Waals surface area contributed by atoms with Crippen LogP contribution in [0.3, 0.4) is 0 Å². The van der Waals surface area contributed by atoms with Gasteiger partial charge in [0.1, 0.15) is 0 Å². The van der Waals surface area contributed by atoms with E-state index in [-0.39, 0.29) is 17.0 Å². The molecule has 3 aromatic rings. The molecule has 9 nitrogen and oxygen atoms in total. The highest BCUT2D eigenvalue weighted by Crippen LogP contribution is 2.40. The molecule has 0 aliphatic heterocycles. The van der Waals surface area contributed by atoms with Gasteiger partial charge in [0, 0.05) is 17.0 Å². The van der Waals surface area contributed by atoms with Crippen LogP contribution in [-0.4, -0.2) is 36.2 Å². The van der Waals surface area contributed by atoms with Crippen LogP contribution in [0, 0.1) is 10.1 Å². The van der Waals surface area contributed by atoms with E-state index in [4.69, 9.17) is 9.47 Å². The van der Waals surface area contributed by atoms with Crippen LogP contribution in [0.5, 0.6) is 11.5 Å². The van der Waals surface area contributed by atoms with Gasteiger partial charge in [-0.15, -0.1) is 0 Å². The number of methoxy groups -OCH3 is 2. The van der Waals surface area contributed by atoms with Crippen LogP contribution in [0.2, 0.25) is 0 Å². The van der Waals surface area contributed by atoms with Crippen LogP contribution >= 0.6 is 0 Å². The molecule has 1 aromatic heterocycles. The van der Waals surface area contributed by atoms with Crippen LogP contribution in [0.4, 0.5) is 5.69 Å². The minimum atomic E-state index is -0.552. The Labute approximate surface area is 177 Å². The Morgan fingerprint density at radius 3 is 2.58 bits per heavy atom. The van der Waals surface area contributed by atoms with Gasteiger partial charge in [0.25, 0.3) is 11.6 Å². The van der Waals surface area contributed by atoms with Crippen LogP contribution in [0.15, 0.2) is 47.6 Å². The van der Waals surface area contributed by atoms with E-state index in [2.05, 4.69) is 15.5 Å². The standard InChI is InChI=1S/C22H20N4O5/c1-30-20-9-14(19(26(28)29)11-21(20)31-2)12-23-25-22(27)16-10-18(13-7-8-13)24-17-6-4-3-5-15(16)17/h3-6,9-13H,7-8H2,1-2H3,(H,25,27)/b23-12+. The summed E-state index contributed by atoms with van der Waals surface area (Å²) in [6, 6.07) is 11.9. The van der Waals surface area contributed by atoms with Gasteiger partial charge in [0.15, 0.2) is 11.5 Å². The number of nitro benzene ring substituents is 1. The largest absolute Gasteiger partial charge is 0.493 e. The van der Waals surface area contributed by atoms with Crippen molar-refractivity contribution in [2.75, 3.05) is 14.2 Å². The molecular weight excluding hydrogens is 400 g/mol. The maximum absolute atomic E-state index is 12.9. The van der Waals surface area contributed by atoms with Crippen molar-refractivity contribution in [3.8, 4) is 11.5 Å². The zero-order chi connectivity index (χ0) is 22.0. The van der Waals surface area contributed by atoms with Crippen molar-refractivity contribution in [2.45, 2.75) is 18.8 Å². The van der Waals surface area contributed by atoms with Crippen molar-refractivity contribution in [3.05, 3.63) is 69.4 Å². The number of ether oxygens (including phenoxy) is 2. The number of hydrogen-bond donors (Lipinski definition) is 1. The number of rotatable bonds is 7. The molecule has 4 rings (SSSR count). The summed E-state index contributed by atoms with van der Waals surface area (Å²) in [4.78, 5) is 28.4. The Bertz CT molecular complexity index is 1200. The van der Waals surface area contributed by atoms with E-state index in [0.717, 1.165) is 29.4 Å². The maximum atomic E-state index is 12.9. The Morgan fingerprint density at radius 2 is 1.90 bits per heavy atom. The quantitative estimate of drug-likeness (QED) is 0.353. The number of pyridine rings is 1. The zero-order valence-electron chi connectivity index (χ0n) is 17.0. The zero-order valence-corrected chi connectivity index (χ0v) is 17.0. The summed E-state index contributed by atoms with van der Waals surface area (Å²) < 4.78 is 10.3. The molecule has 1 saturated carbocycles. The Balaban J connectivity index is 1.63. The first kappa shape index (κ1) is 20.3. The van der Waals surface area contributed by atoms with Crippen molar-refractivity contribution >= 4 is 28.7 Å². The molecule has 9 heteroatoms. The fourth-order valence-electron chi connectivity index (χ4n) is 3.34. The third kappa shape index (κ3) is 4.16. The predicted octanol–water partition coefficient (Wildman–Crippen LogP) is 3.80. The molecule has 1 amide bonds. The number of benzene rings is 2. The fraction of sp³-hybridized carbons (Fsp3) is 0.227. The number of carbonyl (C=O) groups excluding carboxylic acids is 1. The van der Waals surface area contributed by atoms with E-state index < -0.39 is 10.8 Å². The van der Waals surface area contributed by atoms with Crippen LogP contribution in [0.25, 0.3) is 10.9 Å². The van der Waals surface area contributed by atoms with Crippen molar-refractivity contribution in [3.63, 3.8) is 0 Å². The molecule has 1 heterocycles. The molecular formula is C22H20N4O5. The van der Waals surface area contributed by atoms with Gasteiger partial charge < -0.3 is 9.47 Å². The van der Waals surface area contributed by atoms with Gasteiger partial charge in [-0.25, -0.2) is 5.43 Å². The monoisotopic (exact) mass is 420 g/mol. The second-order valence-corrected chi connectivity index (χ2v) is 7.11. The summed E-state index contributed by atoms with van der Waals surface area (Å²) in [5, 5.41) is 16.1. The highest BCUT2D eigenvalue weighted by molar-refractivity contribution is 6.06. The van der Waals surface area contributed by atoms with Gasteiger partial charge in [0.2, 0.25) is 0 Å². The van der Waals surface area contributed by atoms with E-state index in [1.54, 1.807) is 6.07 Å². The average molecular weight is 420 g/mol. The first-order chi connectivity index (χ1) is 15.0. The predicted molar refractivity (Wildman–Crippen MR) is 115 cm³/mol. The number of nitrogens with zero attached hydrogens (tertiary/aromatic N) is 3. The summed E-state index contributed by atoms with van der Waals surface area (Å²) in [5.41, 5.74) is 4.52. The normalized spacial score (nSPS) is 13.4. The van der Waals surface area contributed by atoms with E-state index in [1.807, 2.05) is 24.3 Å². The average Bonchev–Trinajstić information content (AvgIpc) is 3.63. The Morgan fingerprint density at radius 1 is 1.19 bits per heavy atom. The van der Waals surface area contributed by atoms with Crippen LogP contribution < -0.4 is 14.9 Å². The maximum Gasteiger partial charge on any atom is 0.282 e. The van der Waals surface area contributed by atoms with Gasteiger partial charge >= 0.3 is 0 Å². The number of nitro groups is 1. The summed E-state index contributed by atoms with van der Waals surface area (Å²) in [7, 11) is 2.82. The summed E-state index contributed by atoms with van der Waals surface area (Å²) in [6.07, 6.45) is 3.34. The third-order valence-electron chi connectivity index (χ3n) is 5.08.